The van der Waals surface area contributed by atoms with E-state index in [0.29, 0.717) is 23.5 Å². The minimum atomic E-state index is -0.503. The van der Waals surface area contributed by atoms with Crippen LogP contribution in [0.2, 0.25) is 0 Å². The molecule has 1 amide bonds. The lowest BCUT2D eigenvalue weighted by atomic mass is 9.89. The monoisotopic (exact) mass is 440 g/mol. The van der Waals surface area contributed by atoms with Crippen LogP contribution >= 0.6 is 0 Å². The molecular formula is C25H32N2O5. The molecule has 0 saturated heterocycles. The van der Waals surface area contributed by atoms with Gasteiger partial charge in [0.25, 0.3) is 5.91 Å². The highest BCUT2D eigenvalue weighted by molar-refractivity contribution is 6.02. The first-order chi connectivity index (χ1) is 15.4. The van der Waals surface area contributed by atoms with Gasteiger partial charge in [0.1, 0.15) is 0 Å². The number of nitrogens with zero attached hydrogens (tertiary/aromatic N) is 1. The number of primary amides is 1. The zero-order chi connectivity index (χ0) is 23.3. The summed E-state index contributed by atoms with van der Waals surface area (Å²) in [7, 11) is 2.71. The lowest BCUT2D eigenvalue weighted by Crippen LogP contribution is -2.18. The van der Waals surface area contributed by atoms with Gasteiger partial charge in [-0.05, 0) is 49.8 Å². The molecule has 2 N–H and O–H groups in total. The zero-order valence-corrected chi connectivity index (χ0v) is 19.1. The van der Waals surface area contributed by atoms with Gasteiger partial charge in [-0.2, -0.15) is 0 Å². The molecule has 0 bridgehead atoms. The molecule has 2 aromatic rings. The molecule has 172 valence electrons. The Labute approximate surface area is 188 Å². The number of aromatic nitrogens is 1. The number of amides is 1. The van der Waals surface area contributed by atoms with Crippen molar-refractivity contribution in [3.63, 3.8) is 0 Å². The Morgan fingerprint density at radius 2 is 1.69 bits per heavy atom. The van der Waals surface area contributed by atoms with E-state index in [1.807, 2.05) is 6.92 Å². The van der Waals surface area contributed by atoms with Crippen LogP contribution in [0.25, 0.3) is 11.1 Å². The van der Waals surface area contributed by atoms with Crippen molar-refractivity contribution in [3.8, 4) is 11.1 Å². The molecule has 3 rings (SSSR count). The third-order valence-corrected chi connectivity index (χ3v) is 6.43. The van der Waals surface area contributed by atoms with Gasteiger partial charge in [0.2, 0.25) is 0 Å². The highest BCUT2D eigenvalue weighted by Gasteiger charge is 2.27. The average Bonchev–Trinajstić information content (AvgIpc) is 3.09. The molecule has 32 heavy (non-hydrogen) atoms. The summed E-state index contributed by atoms with van der Waals surface area (Å²) in [5.41, 5.74) is 9.94. The van der Waals surface area contributed by atoms with Gasteiger partial charge in [-0.15, -0.1) is 0 Å². The number of hydrogen-bond donors (Lipinski definition) is 1. The fourth-order valence-electron chi connectivity index (χ4n) is 4.76. The van der Waals surface area contributed by atoms with E-state index < -0.39 is 11.9 Å². The molecule has 1 aromatic heterocycles. The van der Waals surface area contributed by atoms with Gasteiger partial charge >= 0.3 is 11.9 Å². The van der Waals surface area contributed by atoms with Crippen LogP contribution in [-0.2, 0) is 27.2 Å². The van der Waals surface area contributed by atoms with Crippen LogP contribution in [0.15, 0.2) is 24.3 Å². The summed E-state index contributed by atoms with van der Waals surface area (Å²) < 4.78 is 11.8. The second-order valence-corrected chi connectivity index (χ2v) is 8.41. The molecule has 0 unspecified atom stereocenters. The summed E-state index contributed by atoms with van der Waals surface area (Å²) in [5, 5.41) is 0. The van der Waals surface area contributed by atoms with Crippen LogP contribution < -0.4 is 5.73 Å². The normalized spacial score (nSPS) is 14.2. The van der Waals surface area contributed by atoms with Crippen LogP contribution in [0.3, 0.4) is 0 Å². The minimum Gasteiger partial charge on any atom is -0.469 e. The largest absolute Gasteiger partial charge is 0.469 e. The Balaban J connectivity index is 2.11. The zero-order valence-electron chi connectivity index (χ0n) is 19.1. The van der Waals surface area contributed by atoms with Crippen LogP contribution in [0.1, 0.15) is 70.6 Å². The molecule has 7 heteroatoms. The predicted molar refractivity (Wildman–Crippen MR) is 121 cm³/mol. The molecule has 1 heterocycles. The maximum atomic E-state index is 12.5. The Bertz CT molecular complexity index is 985. The van der Waals surface area contributed by atoms with Crippen LogP contribution in [0, 0.1) is 12.8 Å². The fourth-order valence-corrected chi connectivity index (χ4v) is 4.76. The summed E-state index contributed by atoms with van der Waals surface area (Å²) in [6.45, 7) is 2.71. The maximum absolute atomic E-state index is 12.5. The maximum Gasteiger partial charge on any atom is 0.337 e. The average molecular weight is 441 g/mol. The second kappa shape index (κ2) is 10.5. The SMILES string of the molecule is COC(=O)CCc1c(-c2ccc(C(=O)OC)cc2)c(C(N)=O)c(C)n1CC1CCCCC1. The van der Waals surface area contributed by atoms with Gasteiger partial charge < -0.3 is 19.8 Å². The first kappa shape index (κ1) is 23.6. The Morgan fingerprint density at radius 3 is 2.25 bits per heavy atom. The fraction of sp³-hybridized carbons (Fsp3) is 0.480. The van der Waals surface area contributed by atoms with E-state index in [1.54, 1.807) is 24.3 Å². The lowest BCUT2D eigenvalue weighted by molar-refractivity contribution is -0.140. The van der Waals surface area contributed by atoms with E-state index in [-0.39, 0.29) is 12.4 Å². The number of hydrogen-bond acceptors (Lipinski definition) is 5. The van der Waals surface area contributed by atoms with E-state index in [0.717, 1.165) is 41.9 Å². The molecule has 1 saturated carbocycles. The van der Waals surface area contributed by atoms with Crippen molar-refractivity contribution in [3.05, 3.63) is 46.8 Å². The quantitative estimate of drug-likeness (QED) is 0.625. The standard InChI is InChI=1S/C25H32N2O5/c1-16-22(24(26)29)23(18-9-11-19(12-10-18)25(30)32-3)20(13-14-21(28)31-2)27(16)15-17-7-5-4-6-8-17/h9-12,17H,4-8,13-15H2,1-3H3,(H2,26,29). The lowest BCUT2D eigenvalue weighted by Gasteiger charge is -2.24. The molecule has 1 aromatic carbocycles. The highest BCUT2D eigenvalue weighted by Crippen LogP contribution is 2.36. The molecule has 1 fully saturated rings. The van der Waals surface area contributed by atoms with Gasteiger partial charge in [-0.1, -0.05) is 31.4 Å². The number of esters is 2. The van der Waals surface area contributed by atoms with E-state index in [4.69, 9.17) is 15.2 Å². The third-order valence-electron chi connectivity index (χ3n) is 6.43. The van der Waals surface area contributed by atoms with Crippen molar-refractivity contribution in [2.24, 2.45) is 11.7 Å². The number of nitrogens with two attached hydrogens (primary N) is 1. The molecule has 1 aliphatic carbocycles. The molecular weight excluding hydrogens is 408 g/mol. The van der Waals surface area contributed by atoms with Crippen molar-refractivity contribution in [2.75, 3.05) is 14.2 Å². The van der Waals surface area contributed by atoms with Crippen molar-refractivity contribution in [1.29, 1.82) is 0 Å². The smallest absolute Gasteiger partial charge is 0.337 e. The van der Waals surface area contributed by atoms with Gasteiger partial charge in [0, 0.05) is 23.5 Å². The molecule has 0 radical (unpaired) electrons. The Morgan fingerprint density at radius 1 is 1.03 bits per heavy atom. The van der Waals surface area contributed by atoms with Crippen molar-refractivity contribution < 1.29 is 23.9 Å². The minimum absolute atomic E-state index is 0.204. The summed E-state index contributed by atoms with van der Waals surface area (Å²) >= 11 is 0. The third kappa shape index (κ3) is 5.03. The van der Waals surface area contributed by atoms with Crippen molar-refractivity contribution in [1.82, 2.24) is 4.57 Å². The number of carbonyl (C=O) groups is 3. The molecule has 7 nitrogen and oxygen atoms in total. The molecule has 1 aliphatic rings. The van der Waals surface area contributed by atoms with Gasteiger partial charge in [-0.25, -0.2) is 4.79 Å². The van der Waals surface area contributed by atoms with Crippen LogP contribution in [-0.4, -0.2) is 36.6 Å². The molecule has 0 atom stereocenters. The summed E-state index contributed by atoms with van der Waals surface area (Å²) in [4.78, 5) is 36.3. The van der Waals surface area contributed by atoms with E-state index in [1.165, 1.54) is 33.5 Å². The van der Waals surface area contributed by atoms with Crippen molar-refractivity contribution >= 4 is 17.8 Å². The summed E-state index contributed by atoms with van der Waals surface area (Å²) in [6.07, 6.45) is 6.64. The molecule has 0 spiro atoms. The summed E-state index contributed by atoms with van der Waals surface area (Å²) in [5.74, 6) is -0.706. The van der Waals surface area contributed by atoms with E-state index >= 15 is 0 Å². The number of rotatable bonds is 8. The highest BCUT2D eigenvalue weighted by atomic mass is 16.5. The van der Waals surface area contributed by atoms with Crippen LogP contribution in [0.5, 0.6) is 0 Å². The van der Waals surface area contributed by atoms with Crippen molar-refractivity contribution in [2.45, 2.75) is 58.4 Å². The number of carbonyl (C=O) groups excluding carboxylic acids is 3. The van der Waals surface area contributed by atoms with Gasteiger partial charge in [-0.3, -0.25) is 9.59 Å². The van der Waals surface area contributed by atoms with Crippen LogP contribution in [0.4, 0.5) is 0 Å². The summed E-state index contributed by atoms with van der Waals surface area (Å²) in [6, 6.07) is 6.92. The Hall–Kier alpha value is -3.09. The first-order valence-electron chi connectivity index (χ1n) is 11.1. The van der Waals surface area contributed by atoms with E-state index in [9.17, 15) is 14.4 Å². The molecule has 0 aliphatic heterocycles. The van der Waals surface area contributed by atoms with E-state index in [2.05, 4.69) is 4.57 Å². The first-order valence-corrected chi connectivity index (χ1v) is 11.1. The Kier molecular flexibility index (Phi) is 7.72. The van der Waals surface area contributed by atoms with Gasteiger partial charge in [0.15, 0.2) is 0 Å². The van der Waals surface area contributed by atoms with Gasteiger partial charge in [0.05, 0.1) is 31.8 Å². The number of benzene rings is 1. The second-order valence-electron chi connectivity index (χ2n) is 8.41. The topological polar surface area (TPSA) is 101 Å². The predicted octanol–water partition coefficient (Wildman–Crippen LogP) is 4.03. The number of methoxy groups -OCH3 is 2. The number of ether oxygens (including phenoxy) is 2.